The minimum Gasteiger partial charge on any atom is -0.336 e. The molecule has 1 aromatic heterocycles. The summed E-state index contributed by atoms with van der Waals surface area (Å²) in [6.45, 7) is 3.62. The average molecular weight is 344 g/mol. The predicted octanol–water partition coefficient (Wildman–Crippen LogP) is 1.86. The van der Waals surface area contributed by atoms with E-state index < -0.39 is 5.54 Å². The molecule has 2 aliphatic rings. The van der Waals surface area contributed by atoms with Crippen molar-refractivity contribution in [2.75, 3.05) is 6.54 Å². The predicted molar refractivity (Wildman–Crippen MR) is 93.4 cm³/mol. The average Bonchev–Trinajstić information content (AvgIpc) is 3.15. The fraction of sp³-hybridized carbons (Fsp3) is 0.778. The summed E-state index contributed by atoms with van der Waals surface area (Å²) in [4.78, 5) is 19.2. The van der Waals surface area contributed by atoms with Gasteiger partial charge < -0.3 is 5.32 Å². The van der Waals surface area contributed by atoms with Crippen LogP contribution in [0.25, 0.3) is 0 Å². The smallest absolute Gasteiger partial charge is 0.238 e. The lowest BCUT2D eigenvalue weighted by atomic mass is 9.82. The Balaban J connectivity index is 1.65. The van der Waals surface area contributed by atoms with Crippen LogP contribution in [0.2, 0.25) is 0 Å². The summed E-state index contributed by atoms with van der Waals surface area (Å²) >= 11 is 0. The molecule has 1 N–H and O–H groups in total. The van der Waals surface area contributed by atoms with Crippen molar-refractivity contribution in [3.8, 4) is 6.07 Å². The van der Waals surface area contributed by atoms with E-state index >= 15 is 0 Å². The highest BCUT2D eigenvalue weighted by atomic mass is 16.2. The van der Waals surface area contributed by atoms with Gasteiger partial charge in [0.1, 0.15) is 18.2 Å². The quantitative estimate of drug-likeness (QED) is 0.881. The molecule has 1 saturated heterocycles. The Bertz CT molecular complexity index is 602. The molecule has 2 heterocycles. The van der Waals surface area contributed by atoms with Crippen molar-refractivity contribution in [1.82, 2.24) is 25.0 Å². The van der Waals surface area contributed by atoms with Crippen molar-refractivity contribution < 1.29 is 4.79 Å². The third-order valence-electron chi connectivity index (χ3n) is 5.70. The van der Waals surface area contributed by atoms with Crippen LogP contribution < -0.4 is 5.32 Å². The van der Waals surface area contributed by atoms with Gasteiger partial charge in [0.2, 0.25) is 5.91 Å². The third kappa shape index (κ3) is 4.18. The van der Waals surface area contributed by atoms with E-state index in [0.717, 1.165) is 58.0 Å². The van der Waals surface area contributed by atoms with Gasteiger partial charge in [0.05, 0.1) is 18.7 Å². The van der Waals surface area contributed by atoms with E-state index in [1.807, 2.05) is 11.6 Å². The first-order chi connectivity index (χ1) is 12.1. The number of piperidine rings is 1. The van der Waals surface area contributed by atoms with E-state index in [1.54, 1.807) is 12.7 Å². The fourth-order valence-corrected chi connectivity index (χ4v) is 4.18. The molecule has 1 saturated carbocycles. The number of hydrogen-bond donors (Lipinski definition) is 1. The molecule has 1 aromatic rings. The second-order valence-electron chi connectivity index (χ2n) is 7.42. The number of aromatic nitrogens is 3. The minimum atomic E-state index is -0.666. The standard InChI is InChI=1S/C18H28N6O/c1-15(17(25)22-18(12-19)8-4-2-5-9-18)24-10-6-3-7-16(24)11-23-14-20-13-21-23/h13-16H,2-11H2,1H3,(H,22,25). The molecule has 0 aromatic carbocycles. The van der Waals surface area contributed by atoms with Gasteiger partial charge in [0, 0.05) is 6.04 Å². The Hall–Kier alpha value is -1.94. The number of nitriles is 1. The van der Waals surface area contributed by atoms with Crippen LogP contribution in [0.4, 0.5) is 0 Å². The van der Waals surface area contributed by atoms with Gasteiger partial charge in [-0.15, -0.1) is 0 Å². The van der Waals surface area contributed by atoms with Gasteiger partial charge >= 0.3 is 0 Å². The number of carbonyl (C=O) groups is 1. The number of amides is 1. The van der Waals surface area contributed by atoms with Gasteiger partial charge in [-0.05, 0) is 39.2 Å². The molecular formula is C18H28N6O. The van der Waals surface area contributed by atoms with Crippen LogP contribution in [0.1, 0.15) is 58.3 Å². The molecule has 0 radical (unpaired) electrons. The molecule has 1 aliphatic carbocycles. The second kappa shape index (κ2) is 7.96. The summed E-state index contributed by atoms with van der Waals surface area (Å²) in [7, 11) is 0. The minimum absolute atomic E-state index is 0.0195. The molecule has 2 atom stereocenters. The fourth-order valence-electron chi connectivity index (χ4n) is 4.18. The first-order valence-corrected chi connectivity index (χ1v) is 9.45. The molecule has 2 fully saturated rings. The van der Waals surface area contributed by atoms with Gasteiger partial charge in [-0.2, -0.15) is 10.4 Å². The molecule has 25 heavy (non-hydrogen) atoms. The van der Waals surface area contributed by atoms with Crippen LogP contribution in [-0.2, 0) is 11.3 Å². The van der Waals surface area contributed by atoms with E-state index in [2.05, 4.69) is 26.4 Å². The number of nitrogens with zero attached hydrogens (tertiary/aromatic N) is 5. The molecule has 7 nitrogen and oxygen atoms in total. The maximum absolute atomic E-state index is 12.9. The summed E-state index contributed by atoms with van der Waals surface area (Å²) < 4.78 is 1.84. The van der Waals surface area contributed by atoms with Crippen molar-refractivity contribution in [3.05, 3.63) is 12.7 Å². The molecule has 0 bridgehead atoms. The van der Waals surface area contributed by atoms with Gasteiger partial charge in [-0.3, -0.25) is 14.4 Å². The van der Waals surface area contributed by atoms with Gasteiger partial charge in [-0.1, -0.05) is 25.7 Å². The summed E-state index contributed by atoms with van der Waals surface area (Å²) in [5.41, 5.74) is -0.666. The second-order valence-corrected chi connectivity index (χ2v) is 7.42. The molecule has 2 unspecified atom stereocenters. The van der Waals surface area contributed by atoms with Crippen molar-refractivity contribution in [1.29, 1.82) is 5.26 Å². The number of hydrogen-bond acceptors (Lipinski definition) is 5. The molecule has 1 amide bonds. The Morgan fingerprint density at radius 3 is 2.84 bits per heavy atom. The Kier molecular flexibility index (Phi) is 5.69. The number of rotatable bonds is 5. The number of nitrogens with one attached hydrogen (secondary N) is 1. The van der Waals surface area contributed by atoms with Crippen molar-refractivity contribution in [2.24, 2.45) is 0 Å². The molecular weight excluding hydrogens is 316 g/mol. The summed E-state index contributed by atoms with van der Waals surface area (Å²) in [5.74, 6) is -0.0195. The molecule has 136 valence electrons. The normalized spacial score (nSPS) is 25.0. The lowest BCUT2D eigenvalue weighted by Gasteiger charge is -2.40. The summed E-state index contributed by atoms with van der Waals surface area (Å²) in [6.07, 6.45) is 11.3. The van der Waals surface area contributed by atoms with Crippen LogP contribution >= 0.6 is 0 Å². The van der Waals surface area contributed by atoms with Crippen molar-refractivity contribution in [2.45, 2.75) is 82.5 Å². The Labute approximate surface area is 149 Å². The molecule has 0 spiro atoms. The van der Waals surface area contributed by atoms with Gasteiger partial charge in [0.25, 0.3) is 0 Å². The highest BCUT2D eigenvalue weighted by Crippen LogP contribution is 2.28. The molecule has 3 rings (SSSR count). The summed E-state index contributed by atoms with van der Waals surface area (Å²) in [5, 5.41) is 16.9. The SMILES string of the molecule is CC(C(=O)NC1(C#N)CCCCC1)N1CCCCC1Cn1cncn1. The Morgan fingerprint density at radius 1 is 1.36 bits per heavy atom. The van der Waals surface area contributed by atoms with E-state index in [0.29, 0.717) is 0 Å². The highest BCUT2D eigenvalue weighted by Gasteiger charge is 2.37. The largest absolute Gasteiger partial charge is 0.336 e. The van der Waals surface area contributed by atoms with E-state index in [-0.39, 0.29) is 18.0 Å². The Morgan fingerprint density at radius 2 is 2.16 bits per heavy atom. The molecule has 1 aliphatic heterocycles. The maximum Gasteiger partial charge on any atom is 0.238 e. The van der Waals surface area contributed by atoms with Gasteiger partial charge in [-0.25, -0.2) is 4.98 Å². The number of likely N-dealkylation sites (tertiary alicyclic amines) is 1. The van der Waals surface area contributed by atoms with Crippen LogP contribution in [0.15, 0.2) is 12.7 Å². The first-order valence-electron chi connectivity index (χ1n) is 9.45. The maximum atomic E-state index is 12.9. The van der Waals surface area contributed by atoms with Gasteiger partial charge in [0.15, 0.2) is 0 Å². The zero-order chi connectivity index (χ0) is 17.7. The van der Waals surface area contributed by atoms with E-state index in [9.17, 15) is 10.1 Å². The van der Waals surface area contributed by atoms with Crippen LogP contribution in [0, 0.1) is 11.3 Å². The first kappa shape index (κ1) is 17.9. The zero-order valence-electron chi connectivity index (χ0n) is 15.0. The lowest BCUT2D eigenvalue weighted by Crippen LogP contribution is -2.58. The van der Waals surface area contributed by atoms with Crippen molar-refractivity contribution in [3.63, 3.8) is 0 Å². The van der Waals surface area contributed by atoms with Crippen molar-refractivity contribution >= 4 is 5.91 Å². The van der Waals surface area contributed by atoms with Crippen LogP contribution in [0.5, 0.6) is 0 Å². The monoisotopic (exact) mass is 344 g/mol. The van der Waals surface area contributed by atoms with E-state index in [1.165, 1.54) is 6.42 Å². The molecule has 7 heteroatoms. The lowest BCUT2D eigenvalue weighted by molar-refractivity contribution is -0.129. The highest BCUT2D eigenvalue weighted by molar-refractivity contribution is 5.82. The summed E-state index contributed by atoms with van der Waals surface area (Å²) in [6, 6.07) is 2.42. The van der Waals surface area contributed by atoms with Crippen LogP contribution in [-0.4, -0.2) is 49.7 Å². The third-order valence-corrected chi connectivity index (χ3v) is 5.70. The van der Waals surface area contributed by atoms with E-state index in [4.69, 9.17) is 0 Å². The zero-order valence-corrected chi connectivity index (χ0v) is 15.0. The van der Waals surface area contributed by atoms with Crippen LogP contribution in [0.3, 0.4) is 0 Å². The topological polar surface area (TPSA) is 86.8 Å². The number of carbonyl (C=O) groups excluding carboxylic acids is 1.